The molecule has 0 aliphatic rings. The van der Waals surface area contributed by atoms with Crippen LogP contribution < -0.4 is 0 Å². The van der Waals surface area contributed by atoms with Crippen molar-refractivity contribution in [3.05, 3.63) is 52.8 Å². The van der Waals surface area contributed by atoms with E-state index in [4.69, 9.17) is 18.0 Å². The third-order valence-corrected chi connectivity index (χ3v) is 3.20. The molecule has 3 nitrogen and oxygen atoms in total. The van der Waals surface area contributed by atoms with E-state index in [0.29, 0.717) is 16.2 Å². The van der Waals surface area contributed by atoms with Crippen LogP contribution in [0.25, 0.3) is 16.9 Å². The first-order valence-corrected chi connectivity index (χ1v) is 6.15. The van der Waals surface area contributed by atoms with Gasteiger partial charge in [-0.05, 0) is 25.1 Å². The van der Waals surface area contributed by atoms with Crippen molar-refractivity contribution in [1.82, 2.24) is 14.6 Å². The minimum absolute atomic E-state index is 0.693. The zero-order valence-electron chi connectivity index (χ0n) is 10.3. The highest BCUT2D eigenvalue weighted by Crippen LogP contribution is 2.22. The van der Waals surface area contributed by atoms with Crippen LogP contribution in [0.5, 0.6) is 0 Å². The third kappa shape index (κ3) is 1.96. The third-order valence-electron chi connectivity index (χ3n) is 2.95. The van der Waals surface area contributed by atoms with Crippen molar-refractivity contribution in [2.24, 2.45) is 0 Å². The van der Waals surface area contributed by atoms with Crippen LogP contribution in [-0.2, 0) is 0 Å². The lowest BCUT2D eigenvalue weighted by Crippen LogP contribution is -1.98. The maximum atomic E-state index is 5.89. The Bertz CT molecular complexity index is 795. The number of hydrogen-bond acceptors (Lipinski definition) is 2. The molecule has 0 saturated heterocycles. The molecule has 1 aromatic carbocycles. The molecule has 0 atom stereocenters. The summed E-state index contributed by atoms with van der Waals surface area (Å²) in [5.41, 5.74) is 4.24. The second-order valence-corrected chi connectivity index (χ2v) is 4.66. The summed E-state index contributed by atoms with van der Waals surface area (Å²) >= 11 is 5.89. The standard InChI is InChI=1S/C15H10ClN3/c1-3-11-9-17-19-10(2)8-14(18-15(11)19)12-4-6-13(16)7-5-12/h1,4-9H,2H3. The molecule has 0 unspecified atom stereocenters. The van der Waals surface area contributed by atoms with Crippen LogP contribution in [0.2, 0.25) is 5.02 Å². The first-order chi connectivity index (χ1) is 9.19. The molecule has 19 heavy (non-hydrogen) atoms. The van der Waals surface area contributed by atoms with Crippen LogP contribution >= 0.6 is 11.6 Å². The van der Waals surface area contributed by atoms with Crippen LogP contribution in [0, 0.1) is 19.3 Å². The number of nitrogens with zero attached hydrogens (tertiary/aromatic N) is 3. The Balaban J connectivity index is 2.25. The van der Waals surface area contributed by atoms with Crippen LogP contribution in [0.3, 0.4) is 0 Å². The highest BCUT2D eigenvalue weighted by molar-refractivity contribution is 6.30. The molecule has 0 aliphatic heterocycles. The SMILES string of the molecule is C#Cc1cnn2c(C)cc(-c3ccc(Cl)cc3)nc12. The lowest BCUT2D eigenvalue weighted by atomic mass is 10.1. The van der Waals surface area contributed by atoms with Gasteiger partial charge in [-0.2, -0.15) is 5.10 Å². The molecule has 0 fully saturated rings. The van der Waals surface area contributed by atoms with Gasteiger partial charge in [0, 0.05) is 16.3 Å². The van der Waals surface area contributed by atoms with Crippen molar-refractivity contribution >= 4 is 17.2 Å². The van der Waals surface area contributed by atoms with E-state index in [2.05, 4.69) is 16.0 Å². The fourth-order valence-electron chi connectivity index (χ4n) is 1.98. The van der Waals surface area contributed by atoms with Gasteiger partial charge in [0.2, 0.25) is 0 Å². The quantitative estimate of drug-likeness (QED) is 0.633. The molecule has 3 rings (SSSR count). The zero-order chi connectivity index (χ0) is 13.4. The molecule has 0 spiro atoms. The van der Waals surface area contributed by atoms with Gasteiger partial charge >= 0.3 is 0 Å². The molecule has 0 aliphatic carbocycles. The smallest absolute Gasteiger partial charge is 0.171 e. The number of aryl methyl sites for hydroxylation is 1. The first-order valence-electron chi connectivity index (χ1n) is 5.77. The van der Waals surface area contributed by atoms with E-state index in [-0.39, 0.29) is 0 Å². The van der Waals surface area contributed by atoms with Crippen molar-refractivity contribution in [3.8, 4) is 23.6 Å². The Morgan fingerprint density at radius 2 is 2.00 bits per heavy atom. The van der Waals surface area contributed by atoms with E-state index < -0.39 is 0 Å². The fraction of sp³-hybridized carbons (Fsp3) is 0.0667. The van der Waals surface area contributed by atoms with Crippen LogP contribution in [-0.4, -0.2) is 14.6 Å². The molecule has 0 saturated carbocycles. The van der Waals surface area contributed by atoms with Crippen LogP contribution in [0.4, 0.5) is 0 Å². The lowest BCUT2D eigenvalue weighted by Gasteiger charge is -2.05. The van der Waals surface area contributed by atoms with E-state index in [0.717, 1.165) is 17.0 Å². The van der Waals surface area contributed by atoms with Gasteiger partial charge < -0.3 is 0 Å². The van der Waals surface area contributed by atoms with Crippen molar-refractivity contribution in [2.45, 2.75) is 6.92 Å². The molecule has 3 aromatic rings. The van der Waals surface area contributed by atoms with Crippen LogP contribution in [0.1, 0.15) is 11.3 Å². The summed E-state index contributed by atoms with van der Waals surface area (Å²) in [6.45, 7) is 1.97. The predicted molar refractivity (Wildman–Crippen MR) is 76.1 cm³/mol. The van der Waals surface area contributed by atoms with Crippen molar-refractivity contribution in [3.63, 3.8) is 0 Å². The number of halogens is 1. The average molecular weight is 268 g/mol. The summed E-state index contributed by atoms with van der Waals surface area (Å²) < 4.78 is 1.74. The molecule has 2 aromatic heterocycles. The van der Waals surface area contributed by atoms with Crippen molar-refractivity contribution in [2.75, 3.05) is 0 Å². The van der Waals surface area contributed by atoms with E-state index in [1.165, 1.54) is 0 Å². The highest BCUT2D eigenvalue weighted by Gasteiger charge is 2.09. The maximum absolute atomic E-state index is 5.89. The summed E-state index contributed by atoms with van der Waals surface area (Å²) in [5.74, 6) is 2.60. The molecular weight excluding hydrogens is 258 g/mol. The Labute approximate surface area is 115 Å². The van der Waals surface area contributed by atoms with E-state index in [1.807, 2.05) is 37.3 Å². The first kappa shape index (κ1) is 11.8. The number of hydrogen-bond donors (Lipinski definition) is 0. The van der Waals surface area contributed by atoms with Gasteiger partial charge in [0.25, 0.3) is 0 Å². The molecule has 2 heterocycles. The largest absolute Gasteiger partial charge is 0.227 e. The van der Waals surface area contributed by atoms with Crippen molar-refractivity contribution < 1.29 is 0 Å². The van der Waals surface area contributed by atoms with Crippen molar-refractivity contribution in [1.29, 1.82) is 0 Å². The molecule has 4 heteroatoms. The van der Waals surface area contributed by atoms with E-state index in [1.54, 1.807) is 10.7 Å². The van der Waals surface area contributed by atoms with E-state index in [9.17, 15) is 0 Å². The Morgan fingerprint density at radius 3 is 2.68 bits per heavy atom. The van der Waals surface area contributed by atoms with E-state index >= 15 is 0 Å². The van der Waals surface area contributed by atoms with Crippen LogP contribution in [0.15, 0.2) is 36.5 Å². The summed E-state index contributed by atoms with van der Waals surface area (Å²) in [6, 6.07) is 9.54. The number of terminal acetylenes is 1. The Kier molecular flexibility index (Phi) is 2.73. The second kappa shape index (κ2) is 4.42. The Morgan fingerprint density at radius 1 is 1.26 bits per heavy atom. The van der Waals surface area contributed by atoms with Gasteiger partial charge in [-0.1, -0.05) is 29.7 Å². The normalized spacial score (nSPS) is 10.6. The van der Waals surface area contributed by atoms with Gasteiger partial charge in [-0.3, -0.25) is 0 Å². The Hall–Kier alpha value is -2.31. The molecule has 92 valence electrons. The second-order valence-electron chi connectivity index (χ2n) is 4.23. The predicted octanol–water partition coefficient (Wildman–Crippen LogP) is 3.34. The van der Waals surface area contributed by atoms with Gasteiger partial charge in [-0.25, -0.2) is 9.50 Å². The molecule has 0 radical (unpaired) electrons. The lowest BCUT2D eigenvalue weighted by molar-refractivity contribution is 0.896. The van der Waals surface area contributed by atoms with Gasteiger partial charge in [0.1, 0.15) is 0 Å². The summed E-state index contributed by atoms with van der Waals surface area (Å²) in [6.07, 6.45) is 7.11. The number of rotatable bonds is 1. The summed E-state index contributed by atoms with van der Waals surface area (Å²) in [4.78, 5) is 4.58. The number of benzene rings is 1. The fourth-order valence-corrected chi connectivity index (χ4v) is 2.11. The molecule has 0 amide bonds. The number of aromatic nitrogens is 3. The number of fused-ring (bicyclic) bond motifs is 1. The minimum atomic E-state index is 0.693. The summed E-state index contributed by atoms with van der Waals surface area (Å²) in [7, 11) is 0. The maximum Gasteiger partial charge on any atom is 0.171 e. The highest BCUT2D eigenvalue weighted by atomic mass is 35.5. The van der Waals surface area contributed by atoms with Gasteiger partial charge in [0.05, 0.1) is 17.5 Å². The molecule has 0 N–H and O–H groups in total. The topological polar surface area (TPSA) is 30.2 Å². The van der Waals surface area contributed by atoms with Gasteiger partial charge in [0.15, 0.2) is 5.65 Å². The zero-order valence-corrected chi connectivity index (χ0v) is 11.0. The monoisotopic (exact) mass is 267 g/mol. The molecular formula is C15H10ClN3. The molecule has 0 bridgehead atoms. The summed E-state index contributed by atoms with van der Waals surface area (Å²) in [5, 5.41) is 4.93. The minimum Gasteiger partial charge on any atom is -0.227 e. The van der Waals surface area contributed by atoms with Gasteiger partial charge in [-0.15, -0.1) is 6.42 Å². The average Bonchev–Trinajstić information content (AvgIpc) is 2.83.